The van der Waals surface area contributed by atoms with Gasteiger partial charge in [0.15, 0.2) is 0 Å². The number of nitrogens with zero attached hydrogens (tertiary/aromatic N) is 1. The molecule has 1 saturated carbocycles. The number of nitrogens with one attached hydrogen (secondary N) is 3. The van der Waals surface area contributed by atoms with Gasteiger partial charge in [-0.05, 0) is 50.2 Å². The lowest BCUT2D eigenvalue weighted by atomic mass is 9.73. The lowest BCUT2D eigenvalue weighted by Crippen LogP contribution is -2.54. The molecule has 1 spiro atoms. The molecule has 30 heavy (non-hydrogen) atoms. The zero-order valence-electron chi connectivity index (χ0n) is 17.9. The minimum Gasteiger partial charge on any atom is -0.361 e. The number of hydrogen-bond donors (Lipinski definition) is 3. The molecule has 2 aliphatic rings. The van der Waals surface area contributed by atoms with Crippen LogP contribution in [0.15, 0.2) is 24.4 Å². The first kappa shape index (κ1) is 20.4. The minimum absolute atomic E-state index is 0.0833. The van der Waals surface area contributed by atoms with E-state index in [0.717, 1.165) is 40.6 Å². The lowest BCUT2D eigenvalue weighted by molar-refractivity contribution is -0.137. The molecule has 1 aromatic heterocycles. The summed E-state index contributed by atoms with van der Waals surface area (Å²) in [5, 5.41) is 6.99. The Balaban J connectivity index is 1.39. The molecule has 7 nitrogen and oxygen atoms in total. The van der Waals surface area contributed by atoms with Gasteiger partial charge >= 0.3 is 6.03 Å². The van der Waals surface area contributed by atoms with Crippen molar-refractivity contribution in [2.75, 3.05) is 6.54 Å². The highest BCUT2D eigenvalue weighted by Crippen LogP contribution is 2.38. The molecule has 1 aliphatic carbocycles. The van der Waals surface area contributed by atoms with Crippen molar-refractivity contribution < 1.29 is 14.4 Å². The monoisotopic (exact) mass is 410 g/mol. The Bertz CT molecular complexity index is 997. The second-order valence-electron chi connectivity index (χ2n) is 8.92. The summed E-state index contributed by atoms with van der Waals surface area (Å²) in [5.74, 6) is -0.489. The molecule has 160 valence electrons. The maximum atomic E-state index is 13.0. The number of fused-ring (bicyclic) bond motifs is 1. The van der Waals surface area contributed by atoms with E-state index in [0.29, 0.717) is 12.8 Å². The van der Waals surface area contributed by atoms with Crippen molar-refractivity contribution in [2.24, 2.45) is 5.92 Å². The number of carbonyl (C=O) groups excluding carboxylic acids is 3. The molecule has 1 aromatic carbocycles. The van der Waals surface area contributed by atoms with E-state index in [4.69, 9.17) is 0 Å². The number of aromatic amines is 1. The van der Waals surface area contributed by atoms with Gasteiger partial charge in [0.25, 0.3) is 5.91 Å². The third kappa shape index (κ3) is 3.46. The molecule has 4 rings (SSSR count). The molecular formula is C23H30N4O3. The molecule has 0 bridgehead atoms. The van der Waals surface area contributed by atoms with E-state index in [1.165, 1.54) is 5.56 Å². The van der Waals surface area contributed by atoms with Crippen molar-refractivity contribution in [3.05, 3.63) is 35.5 Å². The maximum Gasteiger partial charge on any atom is 0.325 e. The first-order chi connectivity index (χ1) is 14.3. The predicted octanol–water partition coefficient (Wildman–Crippen LogP) is 3.02. The van der Waals surface area contributed by atoms with Crippen molar-refractivity contribution in [2.45, 2.75) is 64.5 Å². The van der Waals surface area contributed by atoms with Crippen LogP contribution in [0.5, 0.6) is 0 Å². The first-order valence-corrected chi connectivity index (χ1v) is 10.8. The van der Waals surface area contributed by atoms with Crippen molar-refractivity contribution in [1.29, 1.82) is 0 Å². The third-order valence-corrected chi connectivity index (χ3v) is 6.75. The van der Waals surface area contributed by atoms with E-state index in [2.05, 4.69) is 34.7 Å². The number of benzene rings is 1. The number of para-hydroxylation sites is 1. The molecule has 3 unspecified atom stereocenters. The van der Waals surface area contributed by atoms with Gasteiger partial charge in [0.2, 0.25) is 5.91 Å². The van der Waals surface area contributed by atoms with Gasteiger partial charge in [-0.2, -0.15) is 0 Å². The van der Waals surface area contributed by atoms with Crippen molar-refractivity contribution in [3.63, 3.8) is 0 Å². The Morgan fingerprint density at radius 3 is 2.90 bits per heavy atom. The van der Waals surface area contributed by atoms with Crippen LogP contribution in [0.4, 0.5) is 4.79 Å². The fourth-order valence-corrected chi connectivity index (χ4v) is 5.02. The summed E-state index contributed by atoms with van der Waals surface area (Å²) in [6.45, 7) is 5.76. The number of amides is 4. The zero-order chi connectivity index (χ0) is 21.5. The average Bonchev–Trinajstić information content (AvgIpc) is 3.20. The van der Waals surface area contributed by atoms with Crippen molar-refractivity contribution in [1.82, 2.24) is 20.5 Å². The molecule has 1 saturated heterocycles. The number of imide groups is 1. The van der Waals surface area contributed by atoms with Crippen LogP contribution < -0.4 is 10.6 Å². The Morgan fingerprint density at radius 1 is 1.33 bits per heavy atom. The van der Waals surface area contributed by atoms with Gasteiger partial charge < -0.3 is 15.6 Å². The standard InChI is InChI=1S/C23H30N4O3/c1-14-7-6-9-18-17(12-24-20(14)18)11-16(3)25-19(28)13-27-21(29)23(26-22(27)30)10-5-4-8-15(23)2/h6-7,9,12,15-16,24H,4-5,8,10-11,13H2,1-3H3,(H,25,28)(H,26,30). The lowest BCUT2D eigenvalue weighted by Gasteiger charge is -2.36. The number of H-pyrrole nitrogens is 1. The van der Waals surface area contributed by atoms with Crippen LogP contribution in [-0.4, -0.2) is 45.9 Å². The summed E-state index contributed by atoms with van der Waals surface area (Å²) >= 11 is 0. The number of urea groups is 1. The van der Waals surface area contributed by atoms with Crippen LogP contribution in [0.3, 0.4) is 0 Å². The molecule has 2 fully saturated rings. The summed E-state index contributed by atoms with van der Waals surface area (Å²) in [4.78, 5) is 42.5. The van der Waals surface area contributed by atoms with E-state index in [-0.39, 0.29) is 30.3 Å². The van der Waals surface area contributed by atoms with Gasteiger partial charge in [0.05, 0.1) is 0 Å². The molecule has 7 heteroatoms. The smallest absolute Gasteiger partial charge is 0.325 e. The average molecular weight is 411 g/mol. The second-order valence-corrected chi connectivity index (χ2v) is 8.92. The molecule has 3 N–H and O–H groups in total. The number of carbonyl (C=O) groups is 3. The number of aryl methyl sites for hydroxylation is 1. The quantitative estimate of drug-likeness (QED) is 0.662. The van der Waals surface area contributed by atoms with Gasteiger partial charge in [-0.15, -0.1) is 0 Å². The largest absolute Gasteiger partial charge is 0.361 e. The third-order valence-electron chi connectivity index (χ3n) is 6.75. The van der Waals surface area contributed by atoms with Gasteiger partial charge in [-0.25, -0.2) is 4.79 Å². The van der Waals surface area contributed by atoms with Crippen LogP contribution in [0.2, 0.25) is 0 Å². The summed E-state index contributed by atoms with van der Waals surface area (Å²) in [6, 6.07) is 5.58. The highest BCUT2D eigenvalue weighted by atomic mass is 16.2. The second kappa shape index (κ2) is 7.78. The fraction of sp³-hybridized carbons (Fsp3) is 0.522. The maximum absolute atomic E-state index is 13.0. The Hall–Kier alpha value is -2.83. The molecule has 2 heterocycles. The van der Waals surface area contributed by atoms with Gasteiger partial charge in [0.1, 0.15) is 12.1 Å². The van der Waals surface area contributed by atoms with E-state index in [9.17, 15) is 14.4 Å². The SMILES string of the molecule is Cc1cccc2c(CC(C)NC(=O)CN3C(=O)NC4(CCCCC4C)C3=O)c[nH]c12. The number of hydrogen-bond acceptors (Lipinski definition) is 3. The van der Waals surface area contributed by atoms with Crippen LogP contribution in [0, 0.1) is 12.8 Å². The first-order valence-electron chi connectivity index (χ1n) is 10.8. The summed E-state index contributed by atoms with van der Waals surface area (Å²) < 4.78 is 0. The predicted molar refractivity (Wildman–Crippen MR) is 115 cm³/mol. The van der Waals surface area contributed by atoms with Crippen molar-refractivity contribution in [3.8, 4) is 0 Å². The summed E-state index contributed by atoms with van der Waals surface area (Å²) in [5.41, 5.74) is 2.59. The van der Waals surface area contributed by atoms with Gasteiger partial charge in [-0.3, -0.25) is 14.5 Å². The van der Waals surface area contributed by atoms with E-state index in [1.54, 1.807) is 0 Å². The normalized spacial score (nSPS) is 25.0. The molecule has 4 amide bonds. The molecule has 1 aliphatic heterocycles. The molecule has 3 atom stereocenters. The van der Waals surface area contributed by atoms with Crippen LogP contribution >= 0.6 is 0 Å². The van der Waals surface area contributed by atoms with Crippen LogP contribution in [0.25, 0.3) is 10.9 Å². The van der Waals surface area contributed by atoms with Gasteiger partial charge in [-0.1, -0.05) is 38.0 Å². The Kier molecular flexibility index (Phi) is 5.30. The van der Waals surface area contributed by atoms with Crippen LogP contribution in [0.1, 0.15) is 50.7 Å². The van der Waals surface area contributed by atoms with Gasteiger partial charge in [0, 0.05) is 23.1 Å². The Labute approximate surface area is 176 Å². The fourth-order valence-electron chi connectivity index (χ4n) is 5.02. The van der Waals surface area contributed by atoms with Crippen LogP contribution in [-0.2, 0) is 16.0 Å². The van der Waals surface area contributed by atoms with Crippen molar-refractivity contribution >= 4 is 28.7 Å². The molecule has 0 radical (unpaired) electrons. The summed E-state index contributed by atoms with van der Waals surface area (Å²) in [6.07, 6.45) is 6.18. The number of rotatable bonds is 5. The zero-order valence-corrected chi connectivity index (χ0v) is 17.9. The Morgan fingerprint density at radius 2 is 2.13 bits per heavy atom. The highest BCUT2D eigenvalue weighted by molar-refractivity contribution is 6.09. The molecular weight excluding hydrogens is 380 g/mol. The van der Waals surface area contributed by atoms with E-state index in [1.807, 2.05) is 26.1 Å². The topological polar surface area (TPSA) is 94.3 Å². The minimum atomic E-state index is -0.830. The van der Waals surface area contributed by atoms with E-state index < -0.39 is 11.6 Å². The van der Waals surface area contributed by atoms with E-state index >= 15 is 0 Å². The molecule has 2 aromatic rings. The number of aromatic nitrogens is 1. The summed E-state index contributed by atoms with van der Waals surface area (Å²) in [7, 11) is 0. The highest BCUT2D eigenvalue weighted by Gasteiger charge is 2.55.